The molecule has 0 unspecified atom stereocenters. The summed E-state index contributed by atoms with van der Waals surface area (Å²) in [5, 5.41) is 10.1. The highest BCUT2D eigenvalue weighted by Crippen LogP contribution is 2.40. The average Bonchev–Trinajstić information content (AvgIpc) is 2.93. The molecule has 3 aromatic rings. The summed E-state index contributed by atoms with van der Waals surface area (Å²) in [6.07, 6.45) is 2.46. The Labute approximate surface area is 232 Å². The second-order valence-corrected chi connectivity index (χ2v) is 11.1. The van der Waals surface area contributed by atoms with Gasteiger partial charge in [-0.15, -0.1) is 0 Å². The van der Waals surface area contributed by atoms with Crippen LogP contribution < -0.4 is 4.74 Å². The van der Waals surface area contributed by atoms with Gasteiger partial charge in [-0.25, -0.2) is 4.79 Å². The number of rotatable bonds is 12. The molecule has 1 aliphatic rings. The fraction of sp³-hybridized carbons (Fsp3) is 0.424. The molecular formula is C33H41NO5. The van der Waals surface area contributed by atoms with Crippen LogP contribution in [0.2, 0.25) is 0 Å². The Bertz CT molecular complexity index is 1190. The molecule has 1 aliphatic heterocycles. The predicted molar refractivity (Wildman–Crippen MR) is 153 cm³/mol. The van der Waals surface area contributed by atoms with Crippen LogP contribution in [0.3, 0.4) is 0 Å². The van der Waals surface area contributed by atoms with Gasteiger partial charge in [-0.1, -0.05) is 66.7 Å². The molecule has 0 saturated carbocycles. The number of carbonyl (C=O) groups excluding carboxylic acids is 1. The number of amides is 1. The van der Waals surface area contributed by atoms with Gasteiger partial charge in [-0.05, 0) is 68.0 Å². The Kier molecular flexibility index (Phi) is 9.31. The van der Waals surface area contributed by atoms with E-state index < -0.39 is 11.2 Å². The topological polar surface area (TPSA) is 68.2 Å². The maximum atomic E-state index is 13.4. The molecule has 39 heavy (non-hydrogen) atoms. The fourth-order valence-electron chi connectivity index (χ4n) is 5.25. The Morgan fingerprint density at radius 1 is 1.00 bits per heavy atom. The van der Waals surface area contributed by atoms with E-state index in [9.17, 15) is 9.90 Å². The second kappa shape index (κ2) is 12.7. The summed E-state index contributed by atoms with van der Waals surface area (Å²) in [6.45, 7) is 7.36. The van der Waals surface area contributed by atoms with Gasteiger partial charge in [-0.3, -0.25) is 0 Å². The minimum atomic E-state index is -0.759. The summed E-state index contributed by atoms with van der Waals surface area (Å²) in [7, 11) is 1.66. The smallest absolute Gasteiger partial charge is 0.411 e. The van der Waals surface area contributed by atoms with Crippen LogP contribution in [0.4, 0.5) is 4.79 Å². The molecule has 1 N–H and O–H groups in total. The van der Waals surface area contributed by atoms with Crippen molar-refractivity contribution in [1.82, 2.24) is 4.90 Å². The summed E-state index contributed by atoms with van der Waals surface area (Å²) < 4.78 is 17.4. The number of nitrogens with zero attached hydrogens (tertiary/aromatic N) is 1. The highest BCUT2D eigenvalue weighted by Gasteiger charge is 2.43. The van der Waals surface area contributed by atoms with Gasteiger partial charge < -0.3 is 24.2 Å². The average molecular weight is 532 g/mol. The standard InChI is InChI=1S/C33H41NO5/c1-25(28-15-11-26(12-16-28)23-32(2,3)36)34-21-20-33(39-31(34)35,29-9-6-5-7-10-29)19-8-22-38-24-27-13-17-30(37-4)18-14-27/h5-7,9-18,25,36H,8,19-24H2,1-4H3/t25-,33+/m0/s1. The molecule has 1 heterocycles. The lowest BCUT2D eigenvalue weighted by Gasteiger charge is -2.43. The van der Waals surface area contributed by atoms with Gasteiger partial charge in [0.1, 0.15) is 11.4 Å². The molecule has 0 spiro atoms. The molecular weight excluding hydrogens is 490 g/mol. The lowest BCUT2D eigenvalue weighted by molar-refractivity contribution is -0.0695. The molecule has 4 rings (SSSR count). The molecule has 0 radical (unpaired) electrons. The molecule has 208 valence electrons. The summed E-state index contributed by atoms with van der Waals surface area (Å²) >= 11 is 0. The van der Waals surface area contributed by atoms with E-state index in [1.165, 1.54) is 0 Å². The maximum Gasteiger partial charge on any atom is 0.411 e. The minimum Gasteiger partial charge on any atom is -0.497 e. The van der Waals surface area contributed by atoms with Crippen LogP contribution in [-0.4, -0.2) is 42.0 Å². The number of hydrogen-bond acceptors (Lipinski definition) is 5. The van der Waals surface area contributed by atoms with E-state index in [1.807, 2.05) is 90.7 Å². The largest absolute Gasteiger partial charge is 0.497 e. The van der Waals surface area contributed by atoms with Gasteiger partial charge in [0.15, 0.2) is 0 Å². The summed E-state index contributed by atoms with van der Waals surface area (Å²) in [5.74, 6) is 0.828. The van der Waals surface area contributed by atoms with Crippen molar-refractivity contribution in [3.8, 4) is 5.75 Å². The van der Waals surface area contributed by atoms with Crippen LogP contribution >= 0.6 is 0 Å². The Balaban J connectivity index is 1.37. The second-order valence-electron chi connectivity index (χ2n) is 11.1. The van der Waals surface area contributed by atoms with Crippen molar-refractivity contribution >= 4 is 6.09 Å². The molecule has 0 aromatic heterocycles. The molecule has 0 aliphatic carbocycles. The van der Waals surface area contributed by atoms with Crippen LogP contribution in [-0.2, 0) is 28.1 Å². The van der Waals surface area contributed by atoms with Gasteiger partial charge in [0.2, 0.25) is 0 Å². The quantitative estimate of drug-likeness (QED) is 0.260. The van der Waals surface area contributed by atoms with Crippen LogP contribution in [0.25, 0.3) is 0 Å². The van der Waals surface area contributed by atoms with Crippen LogP contribution in [0.1, 0.15) is 68.3 Å². The number of hydrogen-bond donors (Lipinski definition) is 1. The number of cyclic esters (lactones) is 1. The lowest BCUT2D eigenvalue weighted by atomic mass is 9.84. The van der Waals surface area contributed by atoms with Crippen LogP contribution in [0.15, 0.2) is 78.9 Å². The number of aliphatic hydroxyl groups is 1. The van der Waals surface area contributed by atoms with E-state index in [-0.39, 0.29) is 12.1 Å². The number of methoxy groups -OCH3 is 1. The SMILES string of the molecule is COc1ccc(COCCC[C@]2(c3ccccc3)CCN([C@@H](C)c3ccc(CC(C)(C)O)cc3)C(=O)O2)cc1. The Morgan fingerprint density at radius 3 is 2.28 bits per heavy atom. The van der Waals surface area contributed by atoms with Crippen molar-refractivity contribution in [2.24, 2.45) is 0 Å². The molecule has 2 atom stereocenters. The first-order chi connectivity index (χ1) is 18.7. The van der Waals surface area contributed by atoms with E-state index in [1.54, 1.807) is 21.0 Å². The normalized spacial score (nSPS) is 18.5. The minimum absolute atomic E-state index is 0.115. The van der Waals surface area contributed by atoms with Gasteiger partial charge in [0.05, 0.1) is 25.4 Å². The highest BCUT2D eigenvalue weighted by atomic mass is 16.6. The number of benzene rings is 3. The molecule has 3 aromatic carbocycles. The third-order valence-corrected chi connectivity index (χ3v) is 7.44. The summed E-state index contributed by atoms with van der Waals surface area (Å²) in [5.41, 5.74) is 2.80. The molecule has 6 heteroatoms. The number of carbonyl (C=O) groups is 1. The van der Waals surface area contributed by atoms with Crippen molar-refractivity contribution in [1.29, 1.82) is 0 Å². The van der Waals surface area contributed by atoms with E-state index in [0.717, 1.165) is 34.4 Å². The van der Waals surface area contributed by atoms with Gasteiger partial charge in [-0.2, -0.15) is 0 Å². The van der Waals surface area contributed by atoms with Crippen LogP contribution in [0.5, 0.6) is 5.75 Å². The third kappa shape index (κ3) is 7.61. The fourth-order valence-corrected chi connectivity index (χ4v) is 5.25. The molecule has 0 bridgehead atoms. The molecule has 1 amide bonds. The third-order valence-electron chi connectivity index (χ3n) is 7.44. The summed E-state index contributed by atoms with van der Waals surface area (Å²) in [4.78, 5) is 15.2. The molecule has 6 nitrogen and oxygen atoms in total. The van der Waals surface area contributed by atoms with Gasteiger partial charge >= 0.3 is 6.09 Å². The monoisotopic (exact) mass is 531 g/mol. The summed E-state index contributed by atoms with van der Waals surface area (Å²) in [6, 6.07) is 26.0. The van der Waals surface area contributed by atoms with Crippen LogP contribution in [0, 0.1) is 0 Å². The van der Waals surface area contributed by atoms with Crippen molar-refractivity contribution in [3.05, 3.63) is 101 Å². The zero-order valence-electron chi connectivity index (χ0n) is 23.6. The highest BCUT2D eigenvalue weighted by molar-refractivity contribution is 5.70. The van der Waals surface area contributed by atoms with Gasteiger partial charge in [0, 0.05) is 26.0 Å². The van der Waals surface area contributed by atoms with Gasteiger partial charge in [0.25, 0.3) is 0 Å². The first-order valence-corrected chi connectivity index (χ1v) is 13.8. The zero-order chi connectivity index (χ0) is 27.9. The van der Waals surface area contributed by atoms with E-state index in [0.29, 0.717) is 39.0 Å². The first kappa shape index (κ1) is 28.7. The van der Waals surface area contributed by atoms with E-state index in [2.05, 4.69) is 0 Å². The first-order valence-electron chi connectivity index (χ1n) is 13.8. The lowest BCUT2D eigenvalue weighted by Crippen LogP contribution is -2.48. The molecule has 1 fully saturated rings. The van der Waals surface area contributed by atoms with E-state index in [4.69, 9.17) is 14.2 Å². The van der Waals surface area contributed by atoms with E-state index >= 15 is 0 Å². The van der Waals surface area contributed by atoms with Crippen molar-refractivity contribution in [3.63, 3.8) is 0 Å². The Morgan fingerprint density at radius 2 is 1.67 bits per heavy atom. The Hall–Kier alpha value is -3.35. The molecule has 1 saturated heterocycles. The predicted octanol–water partition coefficient (Wildman–Crippen LogP) is 6.80. The number of ether oxygens (including phenoxy) is 3. The van der Waals surface area contributed by atoms with Crippen molar-refractivity contribution in [2.75, 3.05) is 20.3 Å². The maximum absolute atomic E-state index is 13.4. The zero-order valence-corrected chi connectivity index (χ0v) is 23.6. The van der Waals surface area contributed by atoms with Crippen molar-refractivity contribution in [2.45, 2.75) is 70.3 Å². The van der Waals surface area contributed by atoms with Crippen molar-refractivity contribution < 1.29 is 24.1 Å².